The third kappa shape index (κ3) is 3.16. The summed E-state index contributed by atoms with van der Waals surface area (Å²) in [6.45, 7) is 3.56. The maximum Gasteiger partial charge on any atom is 0.101 e. The molecule has 0 saturated carbocycles. The summed E-state index contributed by atoms with van der Waals surface area (Å²) in [5, 5.41) is 12.4. The fourth-order valence-corrected chi connectivity index (χ4v) is 2.93. The van der Waals surface area contributed by atoms with Crippen molar-refractivity contribution in [1.29, 1.82) is 5.26 Å². The fourth-order valence-electron chi connectivity index (χ4n) is 2.10. The van der Waals surface area contributed by atoms with E-state index in [0.29, 0.717) is 5.56 Å². The van der Waals surface area contributed by atoms with Crippen LogP contribution in [0.25, 0.3) is 0 Å². The van der Waals surface area contributed by atoms with Crippen molar-refractivity contribution in [2.75, 3.05) is 19.0 Å². The van der Waals surface area contributed by atoms with Gasteiger partial charge in [-0.25, -0.2) is 4.98 Å². The number of thiazole rings is 1. The Hall–Kier alpha value is -1.90. The monoisotopic (exact) mass is 286 g/mol. The number of nitriles is 1. The van der Waals surface area contributed by atoms with E-state index in [1.54, 1.807) is 11.3 Å². The predicted octanol–water partition coefficient (Wildman–Crippen LogP) is 2.68. The van der Waals surface area contributed by atoms with Crippen molar-refractivity contribution in [2.24, 2.45) is 0 Å². The van der Waals surface area contributed by atoms with E-state index in [9.17, 15) is 5.26 Å². The number of aromatic nitrogens is 1. The largest absolute Gasteiger partial charge is 0.368 e. The summed E-state index contributed by atoms with van der Waals surface area (Å²) in [6.07, 6.45) is 0. The van der Waals surface area contributed by atoms with E-state index in [-0.39, 0.29) is 0 Å². The molecule has 0 aliphatic rings. The molecule has 0 aliphatic carbocycles. The van der Waals surface area contributed by atoms with Gasteiger partial charge >= 0.3 is 0 Å². The highest BCUT2D eigenvalue weighted by molar-refractivity contribution is 7.09. The molecule has 2 rings (SSSR count). The standard InChI is InChI=1S/C15H18N4S/c1-11-15(20-10-18-11)9-19(3)14-5-4-12(8-17-2)6-13(14)7-16/h4-6,10,17H,8-9H2,1-3H3. The average Bonchev–Trinajstić information content (AvgIpc) is 2.84. The molecule has 0 bridgehead atoms. The lowest BCUT2D eigenvalue weighted by molar-refractivity contribution is 0.816. The molecule has 104 valence electrons. The Morgan fingerprint density at radius 1 is 1.45 bits per heavy atom. The summed E-state index contributed by atoms with van der Waals surface area (Å²) in [5.74, 6) is 0. The number of nitrogens with one attached hydrogen (secondary N) is 1. The highest BCUT2D eigenvalue weighted by Crippen LogP contribution is 2.24. The van der Waals surface area contributed by atoms with Crippen LogP contribution in [-0.4, -0.2) is 19.1 Å². The zero-order chi connectivity index (χ0) is 14.5. The second-order valence-corrected chi connectivity index (χ2v) is 5.65. The summed E-state index contributed by atoms with van der Waals surface area (Å²) >= 11 is 1.65. The summed E-state index contributed by atoms with van der Waals surface area (Å²) in [4.78, 5) is 7.59. The third-order valence-electron chi connectivity index (χ3n) is 3.20. The van der Waals surface area contributed by atoms with Gasteiger partial charge in [-0.1, -0.05) is 6.07 Å². The van der Waals surface area contributed by atoms with Crippen LogP contribution in [0.15, 0.2) is 23.7 Å². The minimum atomic E-state index is 0.711. The molecule has 0 aliphatic heterocycles. The van der Waals surface area contributed by atoms with E-state index in [0.717, 1.165) is 30.0 Å². The van der Waals surface area contributed by atoms with Crippen LogP contribution in [0.1, 0.15) is 21.7 Å². The van der Waals surface area contributed by atoms with Gasteiger partial charge in [0.05, 0.1) is 29.0 Å². The second-order valence-electron chi connectivity index (χ2n) is 4.71. The normalized spacial score (nSPS) is 10.3. The fraction of sp³-hybridized carbons (Fsp3) is 0.333. The van der Waals surface area contributed by atoms with Gasteiger partial charge in [0, 0.05) is 18.5 Å². The molecule has 0 saturated heterocycles. The molecular formula is C15H18N4S. The zero-order valence-electron chi connectivity index (χ0n) is 12.0. The van der Waals surface area contributed by atoms with Gasteiger partial charge in [-0.15, -0.1) is 11.3 Å². The number of hydrogen-bond acceptors (Lipinski definition) is 5. The maximum absolute atomic E-state index is 9.33. The predicted molar refractivity (Wildman–Crippen MR) is 82.9 cm³/mol. The van der Waals surface area contributed by atoms with Gasteiger partial charge in [-0.3, -0.25) is 0 Å². The van der Waals surface area contributed by atoms with Crippen LogP contribution >= 0.6 is 11.3 Å². The van der Waals surface area contributed by atoms with E-state index in [1.807, 2.05) is 38.7 Å². The van der Waals surface area contributed by atoms with Gasteiger partial charge in [0.2, 0.25) is 0 Å². The van der Waals surface area contributed by atoms with Gasteiger partial charge in [0.25, 0.3) is 0 Å². The maximum atomic E-state index is 9.33. The number of aryl methyl sites for hydroxylation is 1. The zero-order valence-corrected chi connectivity index (χ0v) is 12.8. The minimum Gasteiger partial charge on any atom is -0.368 e. The molecule has 20 heavy (non-hydrogen) atoms. The molecule has 1 heterocycles. The quantitative estimate of drug-likeness (QED) is 0.918. The molecule has 1 N–H and O–H groups in total. The Labute approximate surface area is 123 Å². The van der Waals surface area contributed by atoms with Gasteiger partial charge in [-0.2, -0.15) is 5.26 Å². The molecule has 5 heteroatoms. The smallest absolute Gasteiger partial charge is 0.101 e. The first kappa shape index (κ1) is 14.5. The van der Waals surface area contributed by atoms with Crippen molar-refractivity contribution in [3.63, 3.8) is 0 Å². The minimum absolute atomic E-state index is 0.711. The number of rotatable bonds is 5. The van der Waals surface area contributed by atoms with Crippen molar-refractivity contribution in [3.05, 3.63) is 45.4 Å². The Balaban J connectivity index is 2.23. The van der Waals surface area contributed by atoms with Crippen LogP contribution in [0.4, 0.5) is 5.69 Å². The van der Waals surface area contributed by atoms with Crippen molar-refractivity contribution in [2.45, 2.75) is 20.0 Å². The molecule has 0 atom stereocenters. The summed E-state index contributed by atoms with van der Waals surface area (Å²) in [5.41, 5.74) is 5.71. The molecule has 0 unspecified atom stereocenters. The Kier molecular flexibility index (Phi) is 4.72. The number of benzene rings is 1. The first-order chi connectivity index (χ1) is 9.65. The van der Waals surface area contributed by atoms with Crippen LogP contribution in [0.2, 0.25) is 0 Å². The van der Waals surface area contributed by atoms with E-state index in [2.05, 4.69) is 27.3 Å². The Morgan fingerprint density at radius 2 is 2.25 bits per heavy atom. The molecule has 1 aromatic carbocycles. The van der Waals surface area contributed by atoms with Crippen LogP contribution < -0.4 is 10.2 Å². The molecule has 0 amide bonds. The third-order valence-corrected chi connectivity index (χ3v) is 4.12. The molecule has 2 aromatic rings. The highest BCUT2D eigenvalue weighted by atomic mass is 32.1. The average molecular weight is 286 g/mol. The van der Waals surface area contributed by atoms with Crippen molar-refractivity contribution in [3.8, 4) is 6.07 Å². The molecule has 1 aromatic heterocycles. The first-order valence-corrected chi connectivity index (χ1v) is 7.31. The van der Waals surface area contributed by atoms with Crippen molar-refractivity contribution >= 4 is 17.0 Å². The summed E-state index contributed by atoms with van der Waals surface area (Å²) < 4.78 is 0. The number of anilines is 1. The second kappa shape index (κ2) is 6.51. The lowest BCUT2D eigenvalue weighted by Gasteiger charge is -2.20. The molecule has 4 nitrogen and oxygen atoms in total. The van der Waals surface area contributed by atoms with E-state index in [4.69, 9.17) is 0 Å². The number of nitrogens with zero attached hydrogens (tertiary/aromatic N) is 3. The highest BCUT2D eigenvalue weighted by Gasteiger charge is 2.11. The SMILES string of the molecule is CNCc1ccc(N(C)Cc2scnc2C)c(C#N)c1. The van der Waals surface area contributed by atoms with Gasteiger partial charge in [0.1, 0.15) is 6.07 Å². The van der Waals surface area contributed by atoms with E-state index >= 15 is 0 Å². The number of hydrogen-bond donors (Lipinski definition) is 1. The lowest BCUT2D eigenvalue weighted by atomic mass is 10.1. The van der Waals surface area contributed by atoms with Gasteiger partial charge in [-0.05, 0) is 31.7 Å². The first-order valence-electron chi connectivity index (χ1n) is 6.43. The van der Waals surface area contributed by atoms with Crippen molar-refractivity contribution in [1.82, 2.24) is 10.3 Å². The van der Waals surface area contributed by atoms with Crippen LogP contribution in [-0.2, 0) is 13.1 Å². The Morgan fingerprint density at radius 3 is 2.85 bits per heavy atom. The van der Waals surface area contributed by atoms with Crippen LogP contribution in [0.3, 0.4) is 0 Å². The van der Waals surface area contributed by atoms with Crippen LogP contribution in [0.5, 0.6) is 0 Å². The summed E-state index contributed by atoms with van der Waals surface area (Å²) in [7, 11) is 3.91. The lowest BCUT2D eigenvalue weighted by Crippen LogP contribution is -2.17. The van der Waals surface area contributed by atoms with Gasteiger partial charge in [0.15, 0.2) is 0 Å². The van der Waals surface area contributed by atoms with Crippen molar-refractivity contribution < 1.29 is 0 Å². The summed E-state index contributed by atoms with van der Waals surface area (Å²) in [6, 6.07) is 8.31. The van der Waals surface area contributed by atoms with Crippen LogP contribution in [0, 0.1) is 18.3 Å². The molecule has 0 spiro atoms. The van der Waals surface area contributed by atoms with Gasteiger partial charge < -0.3 is 10.2 Å². The Bertz CT molecular complexity index is 627. The van der Waals surface area contributed by atoms with E-state index < -0.39 is 0 Å². The molecular weight excluding hydrogens is 268 g/mol. The topological polar surface area (TPSA) is 52.0 Å². The van der Waals surface area contributed by atoms with E-state index in [1.165, 1.54) is 4.88 Å². The molecule has 0 radical (unpaired) electrons. The molecule has 0 fully saturated rings.